The van der Waals surface area contributed by atoms with Gasteiger partial charge in [0.05, 0.1) is 23.0 Å². The Bertz CT molecular complexity index is 1420. The van der Waals surface area contributed by atoms with E-state index >= 15 is 0 Å². The van der Waals surface area contributed by atoms with Gasteiger partial charge < -0.3 is 5.11 Å². The van der Waals surface area contributed by atoms with E-state index in [-0.39, 0.29) is 11.3 Å². The lowest BCUT2D eigenvalue weighted by atomic mass is 9.95. The number of nitriles is 1. The van der Waals surface area contributed by atoms with Gasteiger partial charge in [-0.05, 0) is 54.7 Å². The molecule has 5 nitrogen and oxygen atoms in total. The molecule has 0 unspecified atom stereocenters. The zero-order valence-corrected chi connectivity index (χ0v) is 19.5. The molecule has 0 atom stereocenters. The Morgan fingerprint density at radius 3 is 2.53 bits per heavy atom. The highest BCUT2D eigenvalue weighted by Crippen LogP contribution is 2.25. The summed E-state index contributed by atoms with van der Waals surface area (Å²) < 4.78 is 1.55. The Balaban J connectivity index is 1.81. The molecule has 34 heavy (non-hydrogen) atoms. The van der Waals surface area contributed by atoms with Crippen molar-refractivity contribution >= 4 is 0 Å². The third-order valence-electron chi connectivity index (χ3n) is 5.96. The second-order valence-electron chi connectivity index (χ2n) is 8.38. The maximum absolute atomic E-state index is 13.7. The fourth-order valence-electron chi connectivity index (χ4n) is 4.25. The summed E-state index contributed by atoms with van der Waals surface area (Å²) in [6.45, 7) is 3.93. The molecule has 0 saturated carbocycles. The first-order valence-corrected chi connectivity index (χ1v) is 11.5. The zero-order valence-electron chi connectivity index (χ0n) is 19.5. The number of aromatic nitrogens is 2. The van der Waals surface area contributed by atoms with Gasteiger partial charge in [0.1, 0.15) is 11.6 Å². The van der Waals surface area contributed by atoms with Crippen molar-refractivity contribution in [1.82, 2.24) is 9.55 Å². The van der Waals surface area contributed by atoms with E-state index in [2.05, 4.69) is 13.0 Å². The molecule has 5 heteroatoms. The van der Waals surface area contributed by atoms with Gasteiger partial charge in [0.15, 0.2) is 0 Å². The lowest BCUT2D eigenvalue weighted by molar-refractivity contribution is 0.475. The standard InChI is InChI=1S/C29H27N3O2/c1-3-4-13-28-27(29(34)32(20(2)31-28)24-11-8-12-25(33)18-24)17-21-14-15-26(23(16-21)19-30)22-9-6-5-7-10-22/h5-12,14-16,18,33H,3-4,13,17H2,1-2H3. The predicted octanol–water partition coefficient (Wildman–Crippen LogP) is 5.72. The molecule has 0 spiro atoms. The quantitative estimate of drug-likeness (QED) is 0.391. The van der Waals surface area contributed by atoms with Gasteiger partial charge in [0.25, 0.3) is 5.56 Å². The van der Waals surface area contributed by atoms with Crippen LogP contribution in [0.1, 0.15) is 48.0 Å². The molecule has 0 aliphatic heterocycles. The first-order chi connectivity index (χ1) is 16.5. The van der Waals surface area contributed by atoms with E-state index in [1.807, 2.05) is 55.5 Å². The van der Waals surface area contributed by atoms with Crippen LogP contribution in [-0.4, -0.2) is 14.7 Å². The topological polar surface area (TPSA) is 78.9 Å². The molecule has 0 aliphatic carbocycles. The molecule has 1 aromatic heterocycles. The Kier molecular flexibility index (Phi) is 6.89. The zero-order chi connectivity index (χ0) is 24.1. The summed E-state index contributed by atoms with van der Waals surface area (Å²) in [5.41, 5.74) is 5.18. The van der Waals surface area contributed by atoms with E-state index in [0.717, 1.165) is 41.6 Å². The number of nitrogens with zero attached hydrogens (tertiary/aromatic N) is 3. The smallest absolute Gasteiger partial charge is 0.261 e. The van der Waals surface area contributed by atoms with Gasteiger partial charge in [-0.3, -0.25) is 9.36 Å². The van der Waals surface area contributed by atoms with Gasteiger partial charge in [-0.2, -0.15) is 5.26 Å². The van der Waals surface area contributed by atoms with Crippen LogP contribution in [0, 0.1) is 18.3 Å². The van der Waals surface area contributed by atoms with E-state index < -0.39 is 0 Å². The average molecular weight is 450 g/mol. The van der Waals surface area contributed by atoms with E-state index in [4.69, 9.17) is 4.98 Å². The molecule has 0 saturated heterocycles. The molecule has 0 fully saturated rings. The minimum absolute atomic E-state index is 0.0931. The maximum Gasteiger partial charge on any atom is 0.261 e. The van der Waals surface area contributed by atoms with Crippen LogP contribution < -0.4 is 5.56 Å². The van der Waals surface area contributed by atoms with Gasteiger partial charge in [0.2, 0.25) is 0 Å². The van der Waals surface area contributed by atoms with E-state index in [9.17, 15) is 15.2 Å². The molecule has 170 valence electrons. The van der Waals surface area contributed by atoms with Crippen molar-refractivity contribution < 1.29 is 5.11 Å². The average Bonchev–Trinajstić information content (AvgIpc) is 2.85. The number of benzene rings is 3. The van der Waals surface area contributed by atoms with Gasteiger partial charge in [-0.25, -0.2) is 4.98 Å². The number of hydrogen-bond donors (Lipinski definition) is 1. The molecule has 0 bridgehead atoms. The Morgan fingerprint density at radius 1 is 1.03 bits per heavy atom. The summed E-state index contributed by atoms with van der Waals surface area (Å²) in [7, 11) is 0. The summed E-state index contributed by atoms with van der Waals surface area (Å²) in [5, 5.41) is 19.7. The van der Waals surface area contributed by atoms with Crippen molar-refractivity contribution in [2.24, 2.45) is 0 Å². The van der Waals surface area contributed by atoms with E-state index in [1.54, 1.807) is 28.8 Å². The molecule has 0 radical (unpaired) electrons. The number of rotatable bonds is 7. The molecular weight excluding hydrogens is 422 g/mol. The van der Waals surface area contributed by atoms with Gasteiger partial charge >= 0.3 is 0 Å². The molecule has 4 aromatic rings. The van der Waals surface area contributed by atoms with Crippen LogP contribution in [0.25, 0.3) is 16.8 Å². The first kappa shape index (κ1) is 23.0. The molecule has 1 heterocycles. The highest BCUT2D eigenvalue weighted by Gasteiger charge is 2.17. The van der Waals surface area contributed by atoms with Crippen LogP contribution in [0.5, 0.6) is 5.75 Å². The number of aromatic hydroxyl groups is 1. The number of aryl methyl sites for hydroxylation is 2. The second-order valence-corrected chi connectivity index (χ2v) is 8.38. The third-order valence-corrected chi connectivity index (χ3v) is 5.96. The Morgan fingerprint density at radius 2 is 1.82 bits per heavy atom. The van der Waals surface area contributed by atoms with Crippen LogP contribution in [-0.2, 0) is 12.8 Å². The molecule has 1 N–H and O–H groups in total. The fourth-order valence-corrected chi connectivity index (χ4v) is 4.25. The van der Waals surface area contributed by atoms with Crippen LogP contribution in [0.3, 0.4) is 0 Å². The van der Waals surface area contributed by atoms with E-state index in [1.165, 1.54) is 0 Å². The van der Waals surface area contributed by atoms with Crippen molar-refractivity contribution in [1.29, 1.82) is 5.26 Å². The minimum atomic E-state index is -0.144. The predicted molar refractivity (Wildman–Crippen MR) is 134 cm³/mol. The summed E-state index contributed by atoms with van der Waals surface area (Å²) >= 11 is 0. The van der Waals surface area contributed by atoms with E-state index in [0.29, 0.717) is 29.1 Å². The SMILES string of the molecule is CCCCc1nc(C)n(-c2cccc(O)c2)c(=O)c1Cc1ccc(-c2ccccc2)c(C#N)c1. The molecule has 3 aromatic carbocycles. The fraction of sp³-hybridized carbons (Fsp3) is 0.207. The van der Waals surface area contributed by atoms with Gasteiger partial charge in [0, 0.05) is 18.1 Å². The lowest BCUT2D eigenvalue weighted by Gasteiger charge is -2.16. The summed E-state index contributed by atoms with van der Waals surface area (Å²) in [6.07, 6.45) is 3.04. The normalized spacial score (nSPS) is 10.7. The Labute approximate surface area is 199 Å². The molecule has 0 amide bonds. The van der Waals surface area contributed by atoms with Gasteiger partial charge in [-0.15, -0.1) is 0 Å². The highest BCUT2D eigenvalue weighted by molar-refractivity contribution is 5.71. The largest absolute Gasteiger partial charge is 0.508 e. The second kappa shape index (κ2) is 10.2. The number of phenolic OH excluding ortho intramolecular Hbond substituents is 1. The van der Waals surface area contributed by atoms with Crippen molar-refractivity contribution in [2.45, 2.75) is 39.5 Å². The maximum atomic E-state index is 13.7. The molecule has 4 rings (SSSR count). The lowest BCUT2D eigenvalue weighted by Crippen LogP contribution is -2.28. The highest BCUT2D eigenvalue weighted by atomic mass is 16.3. The van der Waals surface area contributed by atoms with Crippen molar-refractivity contribution in [2.75, 3.05) is 0 Å². The van der Waals surface area contributed by atoms with Crippen LogP contribution >= 0.6 is 0 Å². The minimum Gasteiger partial charge on any atom is -0.508 e. The van der Waals surface area contributed by atoms with Crippen LogP contribution in [0.4, 0.5) is 0 Å². The first-order valence-electron chi connectivity index (χ1n) is 11.5. The molecule has 0 aliphatic rings. The monoisotopic (exact) mass is 449 g/mol. The summed E-state index contributed by atoms with van der Waals surface area (Å²) in [4.78, 5) is 18.5. The molecular formula is C29H27N3O2. The third kappa shape index (κ3) is 4.77. The van der Waals surface area contributed by atoms with Crippen LogP contribution in [0.2, 0.25) is 0 Å². The van der Waals surface area contributed by atoms with Crippen molar-refractivity contribution in [3.8, 4) is 28.6 Å². The van der Waals surface area contributed by atoms with Crippen molar-refractivity contribution in [3.05, 3.63) is 111 Å². The number of phenols is 1. The Hall–Kier alpha value is -4.17. The number of hydrogen-bond acceptors (Lipinski definition) is 4. The van der Waals surface area contributed by atoms with Crippen LogP contribution in [0.15, 0.2) is 77.6 Å². The summed E-state index contributed by atoms with van der Waals surface area (Å²) in [5.74, 6) is 0.679. The van der Waals surface area contributed by atoms with Gasteiger partial charge in [-0.1, -0.05) is 61.9 Å². The number of unbranched alkanes of at least 4 members (excludes halogenated alkanes) is 1. The van der Waals surface area contributed by atoms with Crippen molar-refractivity contribution in [3.63, 3.8) is 0 Å². The summed E-state index contributed by atoms with van der Waals surface area (Å²) in [6, 6.07) is 24.5.